The van der Waals surface area contributed by atoms with Gasteiger partial charge in [0.1, 0.15) is 17.6 Å². The molecule has 2 aromatic carbocycles. The zero-order valence-electron chi connectivity index (χ0n) is 28.3. The van der Waals surface area contributed by atoms with Crippen molar-refractivity contribution >= 4 is 18.7 Å². The monoisotopic (exact) mass is 627 g/mol. The minimum atomic E-state index is -0.974. The zero-order valence-corrected chi connectivity index (χ0v) is 28.3. The Hall–Kier alpha value is -3.01. The van der Waals surface area contributed by atoms with Gasteiger partial charge in [-0.1, -0.05) is 49.2 Å². The van der Waals surface area contributed by atoms with E-state index in [0.29, 0.717) is 11.5 Å². The Morgan fingerprint density at radius 3 is 2.26 bits per heavy atom. The van der Waals surface area contributed by atoms with Crippen LogP contribution in [0.4, 0.5) is 9.18 Å². The molecule has 1 N–H and O–H groups in total. The van der Waals surface area contributed by atoms with Gasteiger partial charge in [0.2, 0.25) is 0 Å². The van der Waals surface area contributed by atoms with Crippen LogP contribution in [-0.2, 0) is 25.9 Å². The van der Waals surface area contributed by atoms with Crippen molar-refractivity contribution in [1.29, 1.82) is 0 Å². The van der Waals surface area contributed by atoms with E-state index in [9.17, 15) is 9.18 Å². The van der Waals surface area contributed by atoms with E-state index in [1.165, 1.54) is 58.8 Å². The topological polar surface area (TPSA) is 74.6 Å². The van der Waals surface area contributed by atoms with E-state index in [1.54, 1.807) is 6.20 Å². The molecule has 1 aromatic heterocycles. The van der Waals surface area contributed by atoms with Crippen LogP contribution in [0.3, 0.4) is 0 Å². The molecule has 1 spiro atoms. The Morgan fingerprint density at radius 1 is 1.00 bits per heavy atom. The second-order valence-corrected chi connectivity index (χ2v) is 15.8. The van der Waals surface area contributed by atoms with Crippen LogP contribution in [0.1, 0.15) is 110 Å². The summed E-state index contributed by atoms with van der Waals surface area (Å²) in [7, 11) is -0.372. The third kappa shape index (κ3) is 5.42. The third-order valence-corrected chi connectivity index (χ3v) is 11.0. The second kappa shape index (κ2) is 11.0. The molecule has 2 aliphatic heterocycles. The van der Waals surface area contributed by atoms with Crippen molar-refractivity contribution in [3.05, 3.63) is 59.5 Å². The molecule has 0 amide bonds. The summed E-state index contributed by atoms with van der Waals surface area (Å²) in [6.45, 7) is 14.2. The fourth-order valence-electron chi connectivity index (χ4n) is 7.96. The Bertz CT molecular complexity index is 1640. The molecular formula is C37H47BFN3O4. The number of benzene rings is 2. The number of imidazole rings is 1. The van der Waals surface area contributed by atoms with Crippen molar-refractivity contribution in [3.8, 4) is 22.4 Å². The highest BCUT2D eigenvalue weighted by atomic mass is 19.1. The first-order chi connectivity index (χ1) is 21.7. The first-order valence-electron chi connectivity index (χ1n) is 17.0. The SMILES string of the molecule is CC(C)(C)OC(=O)n1cc(-c2ccc(-c3ccc(B4OC(C)(C)C(C)(C)O4)c4c3C3(CCCC3)CC4)cc2)nc1C1CC(F)CN1. The lowest BCUT2D eigenvalue weighted by atomic mass is 9.70. The van der Waals surface area contributed by atoms with Gasteiger partial charge < -0.3 is 19.4 Å². The zero-order chi connectivity index (χ0) is 32.6. The maximum absolute atomic E-state index is 14.2. The van der Waals surface area contributed by atoms with Gasteiger partial charge in [0.25, 0.3) is 0 Å². The molecule has 9 heteroatoms. The van der Waals surface area contributed by atoms with Crippen molar-refractivity contribution < 1.29 is 23.2 Å². The van der Waals surface area contributed by atoms with Crippen molar-refractivity contribution in [2.24, 2.45) is 0 Å². The number of carbonyl (C=O) groups is 1. The maximum Gasteiger partial charge on any atom is 0.495 e. The molecular weight excluding hydrogens is 580 g/mol. The Labute approximate surface area is 272 Å². The second-order valence-electron chi connectivity index (χ2n) is 15.8. The molecule has 2 saturated heterocycles. The molecule has 3 fully saturated rings. The number of nitrogens with one attached hydrogen (secondary N) is 1. The molecule has 2 aliphatic carbocycles. The van der Waals surface area contributed by atoms with Gasteiger partial charge in [-0.25, -0.2) is 18.7 Å². The molecule has 7 rings (SSSR count). The van der Waals surface area contributed by atoms with Gasteiger partial charge in [-0.15, -0.1) is 0 Å². The van der Waals surface area contributed by atoms with Crippen molar-refractivity contribution in [2.45, 2.75) is 128 Å². The summed E-state index contributed by atoms with van der Waals surface area (Å²) >= 11 is 0. The average molecular weight is 628 g/mol. The van der Waals surface area contributed by atoms with E-state index < -0.39 is 17.9 Å². The van der Waals surface area contributed by atoms with E-state index in [-0.39, 0.29) is 42.7 Å². The van der Waals surface area contributed by atoms with Gasteiger partial charge in [0, 0.05) is 24.7 Å². The summed E-state index contributed by atoms with van der Waals surface area (Å²) in [5, 5.41) is 3.17. The van der Waals surface area contributed by atoms with Crippen molar-refractivity contribution in [3.63, 3.8) is 0 Å². The number of hydrogen-bond donors (Lipinski definition) is 1. The van der Waals surface area contributed by atoms with E-state index >= 15 is 0 Å². The van der Waals surface area contributed by atoms with Gasteiger partial charge in [0.15, 0.2) is 0 Å². The summed E-state index contributed by atoms with van der Waals surface area (Å²) in [5.41, 5.74) is 6.81. The number of alkyl halides is 1. The van der Waals surface area contributed by atoms with E-state index in [1.807, 2.05) is 20.8 Å². The van der Waals surface area contributed by atoms with E-state index in [4.69, 9.17) is 19.0 Å². The minimum Gasteiger partial charge on any atom is -0.443 e. The number of ether oxygens (including phenoxy) is 1. The summed E-state index contributed by atoms with van der Waals surface area (Å²) in [4.78, 5) is 18.0. The molecule has 0 bridgehead atoms. The van der Waals surface area contributed by atoms with Gasteiger partial charge in [-0.05, 0) is 107 Å². The maximum atomic E-state index is 14.2. The molecule has 244 valence electrons. The average Bonchev–Trinajstić information content (AvgIpc) is 3.81. The molecule has 4 aliphatic rings. The van der Waals surface area contributed by atoms with Crippen LogP contribution in [0.5, 0.6) is 0 Å². The van der Waals surface area contributed by atoms with Crippen LogP contribution in [0.25, 0.3) is 22.4 Å². The smallest absolute Gasteiger partial charge is 0.443 e. The number of halogens is 1. The van der Waals surface area contributed by atoms with Crippen LogP contribution >= 0.6 is 0 Å². The van der Waals surface area contributed by atoms with Crippen molar-refractivity contribution in [1.82, 2.24) is 14.9 Å². The van der Waals surface area contributed by atoms with E-state index in [2.05, 4.69) is 69.4 Å². The van der Waals surface area contributed by atoms with Gasteiger partial charge >= 0.3 is 13.2 Å². The van der Waals surface area contributed by atoms with Crippen LogP contribution < -0.4 is 10.8 Å². The Morgan fingerprint density at radius 2 is 1.65 bits per heavy atom. The predicted octanol–water partition coefficient (Wildman–Crippen LogP) is 7.43. The molecule has 7 nitrogen and oxygen atoms in total. The standard InChI is InChI=1S/C37H47BFN3O4/c1-34(2,3)44-33(43)42-22-30(41-32(42)29-20-25(39)21-40-29)24-12-10-23(11-13-24)26-14-15-28(38-45-35(4,5)36(6,7)46-38)27-16-19-37(31(26)27)17-8-9-18-37/h10-15,22,25,29,40H,8-9,16-21H2,1-7H3. The quantitative estimate of drug-likeness (QED) is 0.304. The van der Waals surface area contributed by atoms with Gasteiger partial charge in [-0.3, -0.25) is 0 Å². The van der Waals surface area contributed by atoms with Crippen LogP contribution in [0.2, 0.25) is 0 Å². The third-order valence-electron chi connectivity index (χ3n) is 11.0. The van der Waals surface area contributed by atoms with Crippen LogP contribution in [0, 0.1) is 0 Å². The lowest BCUT2D eigenvalue weighted by Gasteiger charge is -2.32. The van der Waals surface area contributed by atoms with Crippen LogP contribution in [0.15, 0.2) is 42.6 Å². The highest BCUT2D eigenvalue weighted by molar-refractivity contribution is 6.62. The number of hydrogen-bond acceptors (Lipinski definition) is 6. The summed E-state index contributed by atoms with van der Waals surface area (Å²) in [5.74, 6) is 0.479. The number of rotatable bonds is 4. The lowest BCUT2D eigenvalue weighted by Crippen LogP contribution is -2.41. The molecule has 46 heavy (non-hydrogen) atoms. The number of fused-ring (bicyclic) bond motifs is 2. The Kier molecular flexibility index (Phi) is 7.57. The molecule has 3 aromatic rings. The molecule has 2 atom stereocenters. The number of carbonyl (C=O) groups excluding carboxylic acids is 1. The number of nitrogens with zero attached hydrogens (tertiary/aromatic N) is 2. The first kappa shape index (κ1) is 31.6. The predicted molar refractivity (Wildman–Crippen MR) is 179 cm³/mol. The highest BCUT2D eigenvalue weighted by Crippen LogP contribution is 2.53. The Balaban J connectivity index is 1.25. The molecule has 0 radical (unpaired) electrons. The van der Waals surface area contributed by atoms with Crippen LogP contribution in [-0.4, -0.2) is 52.3 Å². The molecule has 1 saturated carbocycles. The summed E-state index contributed by atoms with van der Waals surface area (Å²) in [6, 6.07) is 12.6. The first-order valence-corrected chi connectivity index (χ1v) is 17.0. The van der Waals surface area contributed by atoms with Gasteiger partial charge in [0.05, 0.1) is 22.9 Å². The summed E-state index contributed by atoms with van der Waals surface area (Å²) < 4.78 is 34.4. The lowest BCUT2D eigenvalue weighted by molar-refractivity contribution is 0.00578. The molecule has 3 heterocycles. The van der Waals surface area contributed by atoms with E-state index in [0.717, 1.165) is 17.5 Å². The molecule has 2 unspecified atom stereocenters. The van der Waals surface area contributed by atoms with Crippen molar-refractivity contribution in [2.75, 3.05) is 6.54 Å². The summed E-state index contributed by atoms with van der Waals surface area (Å²) in [6.07, 6.45) is 7.68. The highest BCUT2D eigenvalue weighted by Gasteiger charge is 2.53. The fraction of sp³-hybridized carbons (Fsp3) is 0.568. The number of aromatic nitrogens is 2. The van der Waals surface area contributed by atoms with Gasteiger partial charge in [-0.2, -0.15) is 0 Å². The largest absolute Gasteiger partial charge is 0.495 e. The minimum absolute atomic E-state index is 0.201. The normalized spacial score (nSPS) is 24.6. The fourth-order valence-corrected chi connectivity index (χ4v) is 7.96.